The Morgan fingerprint density at radius 1 is 1.15 bits per heavy atom. The maximum absolute atomic E-state index is 5.97. The van der Waals surface area contributed by atoms with Crippen molar-refractivity contribution in [1.29, 1.82) is 0 Å². The van der Waals surface area contributed by atoms with E-state index in [0.29, 0.717) is 24.0 Å². The lowest BCUT2D eigenvalue weighted by atomic mass is 10.3. The van der Waals surface area contributed by atoms with E-state index in [9.17, 15) is 0 Å². The molecule has 136 valence electrons. The predicted molar refractivity (Wildman–Crippen MR) is 104 cm³/mol. The third-order valence-corrected chi connectivity index (χ3v) is 4.02. The molecule has 0 radical (unpaired) electrons. The van der Waals surface area contributed by atoms with Gasteiger partial charge in [0.15, 0.2) is 17.5 Å². The number of ether oxygens (including phenoxy) is 2. The summed E-state index contributed by atoms with van der Waals surface area (Å²) >= 11 is 0. The fraction of sp³-hybridized carbons (Fsp3) is 0.263. The number of anilines is 1. The van der Waals surface area contributed by atoms with Crippen LogP contribution in [-0.4, -0.2) is 36.3 Å². The molecule has 26 heavy (non-hydrogen) atoms. The number of imidazole rings is 1. The van der Waals surface area contributed by atoms with Gasteiger partial charge in [-0.15, -0.1) is 0 Å². The lowest BCUT2D eigenvalue weighted by Gasteiger charge is -2.11. The summed E-state index contributed by atoms with van der Waals surface area (Å²) in [4.78, 5) is 8.76. The minimum Gasteiger partial charge on any atom is -0.493 e. The summed E-state index contributed by atoms with van der Waals surface area (Å²) in [5, 5.41) is 3.06. The van der Waals surface area contributed by atoms with Gasteiger partial charge >= 0.3 is 0 Å². The van der Waals surface area contributed by atoms with Crippen molar-refractivity contribution in [2.75, 3.05) is 26.1 Å². The average Bonchev–Trinajstić information content (AvgIpc) is 3.08. The molecule has 0 fully saturated rings. The number of para-hydroxylation sites is 2. The van der Waals surface area contributed by atoms with Gasteiger partial charge < -0.3 is 25.1 Å². The first-order chi connectivity index (χ1) is 12.7. The minimum atomic E-state index is 0.368. The highest BCUT2D eigenvalue weighted by molar-refractivity contribution is 5.92. The topological polar surface area (TPSA) is 86.7 Å². The van der Waals surface area contributed by atoms with Crippen LogP contribution in [0.4, 0.5) is 5.69 Å². The number of nitrogens with zero attached hydrogens (tertiary/aromatic N) is 3. The van der Waals surface area contributed by atoms with Crippen LogP contribution in [0, 0.1) is 0 Å². The molecule has 7 nitrogen and oxygen atoms in total. The zero-order valence-electron chi connectivity index (χ0n) is 15.0. The third kappa shape index (κ3) is 4.05. The molecule has 1 heterocycles. The standard InChI is InChI=1S/C19H23N5O2/c1-25-17-9-8-14(12-18(17)26-2)23-19(20)21-10-5-11-24-13-22-15-6-3-4-7-16(15)24/h3-4,6-9,12-13H,5,10-11H2,1-2H3,(H3,20,21,23). The van der Waals surface area contributed by atoms with Crippen LogP contribution in [0.25, 0.3) is 11.0 Å². The molecule has 0 aliphatic rings. The van der Waals surface area contributed by atoms with Gasteiger partial charge in [-0.3, -0.25) is 4.99 Å². The van der Waals surface area contributed by atoms with E-state index >= 15 is 0 Å². The average molecular weight is 353 g/mol. The molecule has 3 aromatic rings. The van der Waals surface area contributed by atoms with Gasteiger partial charge in [-0.25, -0.2) is 4.98 Å². The quantitative estimate of drug-likeness (QED) is 0.387. The van der Waals surface area contributed by atoms with Crippen molar-refractivity contribution >= 4 is 22.7 Å². The zero-order valence-corrected chi connectivity index (χ0v) is 15.0. The van der Waals surface area contributed by atoms with Crippen LogP contribution in [0.15, 0.2) is 53.8 Å². The molecule has 2 aromatic carbocycles. The number of hydrogen-bond acceptors (Lipinski definition) is 4. The first kappa shape index (κ1) is 17.6. The Balaban J connectivity index is 1.54. The van der Waals surface area contributed by atoms with Crippen LogP contribution < -0.4 is 20.5 Å². The summed E-state index contributed by atoms with van der Waals surface area (Å²) in [6, 6.07) is 13.6. The number of hydrogen-bond donors (Lipinski definition) is 2. The summed E-state index contributed by atoms with van der Waals surface area (Å²) in [6.07, 6.45) is 2.73. The fourth-order valence-electron chi connectivity index (χ4n) is 2.73. The number of aryl methyl sites for hydroxylation is 1. The number of nitrogens with two attached hydrogens (primary N) is 1. The van der Waals surface area contributed by atoms with E-state index in [1.165, 1.54) is 0 Å². The van der Waals surface area contributed by atoms with Crippen LogP contribution in [0.2, 0.25) is 0 Å². The van der Waals surface area contributed by atoms with Crippen LogP contribution >= 0.6 is 0 Å². The molecule has 0 amide bonds. The fourth-order valence-corrected chi connectivity index (χ4v) is 2.73. The lowest BCUT2D eigenvalue weighted by Crippen LogP contribution is -2.23. The van der Waals surface area contributed by atoms with Crippen LogP contribution in [0.5, 0.6) is 11.5 Å². The van der Waals surface area contributed by atoms with E-state index in [0.717, 1.165) is 29.7 Å². The van der Waals surface area contributed by atoms with Crippen molar-refractivity contribution in [1.82, 2.24) is 9.55 Å². The first-order valence-corrected chi connectivity index (χ1v) is 8.40. The molecular weight excluding hydrogens is 330 g/mol. The van der Waals surface area contributed by atoms with Crippen LogP contribution in [0.1, 0.15) is 6.42 Å². The van der Waals surface area contributed by atoms with E-state index in [2.05, 4.69) is 25.9 Å². The minimum absolute atomic E-state index is 0.368. The van der Waals surface area contributed by atoms with Crippen molar-refractivity contribution in [3.8, 4) is 11.5 Å². The summed E-state index contributed by atoms with van der Waals surface area (Å²) in [5.41, 5.74) is 8.90. The number of guanidine groups is 1. The molecule has 0 atom stereocenters. The summed E-state index contributed by atoms with van der Waals surface area (Å²) in [5.74, 6) is 1.67. The van der Waals surface area contributed by atoms with Crippen molar-refractivity contribution in [3.05, 3.63) is 48.8 Å². The Morgan fingerprint density at radius 3 is 2.77 bits per heavy atom. The summed E-state index contributed by atoms with van der Waals surface area (Å²) in [7, 11) is 3.20. The normalized spacial score (nSPS) is 11.5. The lowest BCUT2D eigenvalue weighted by molar-refractivity contribution is 0.355. The van der Waals surface area contributed by atoms with Gasteiger partial charge in [0.1, 0.15) is 0 Å². The van der Waals surface area contributed by atoms with Gasteiger partial charge in [0.2, 0.25) is 0 Å². The maximum atomic E-state index is 5.97. The number of nitrogens with one attached hydrogen (secondary N) is 1. The molecule has 0 saturated carbocycles. The van der Waals surface area contributed by atoms with Crippen molar-refractivity contribution < 1.29 is 9.47 Å². The number of aliphatic imine (C=N–C) groups is 1. The second-order valence-electron chi connectivity index (χ2n) is 5.74. The summed E-state index contributed by atoms with van der Waals surface area (Å²) in [6.45, 7) is 1.46. The monoisotopic (exact) mass is 353 g/mol. The Hall–Kier alpha value is -3.22. The second-order valence-corrected chi connectivity index (χ2v) is 5.74. The first-order valence-electron chi connectivity index (χ1n) is 8.40. The Morgan fingerprint density at radius 2 is 1.96 bits per heavy atom. The van der Waals surface area contributed by atoms with E-state index in [1.807, 2.05) is 42.7 Å². The molecule has 7 heteroatoms. The largest absolute Gasteiger partial charge is 0.493 e. The van der Waals surface area contributed by atoms with Gasteiger partial charge in [-0.1, -0.05) is 12.1 Å². The highest BCUT2D eigenvalue weighted by atomic mass is 16.5. The number of fused-ring (bicyclic) bond motifs is 1. The molecule has 0 unspecified atom stereocenters. The van der Waals surface area contributed by atoms with Crippen molar-refractivity contribution in [2.24, 2.45) is 10.7 Å². The number of rotatable bonds is 7. The highest BCUT2D eigenvalue weighted by Gasteiger charge is 2.05. The number of aromatic nitrogens is 2. The van der Waals surface area contributed by atoms with Crippen LogP contribution in [0.3, 0.4) is 0 Å². The molecule has 0 aliphatic heterocycles. The number of methoxy groups -OCH3 is 2. The van der Waals surface area contributed by atoms with Crippen LogP contribution in [-0.2, 0) is 6.54 Å². The van der Waals surface area contributed by atoms with Gasteiger partial charge in [0, 0.05) is 24.8 Å². The van der Waals surface area contributed by atoms with Crippen molar-refractivity contribution in [3.63, 3.8) is 0 Å². The molecule has 0 spiro atoms. The van der Waals surface area contributed by atoms with Gasteiger partial charge in [0.05, 0.1) is 31.6 Å². The Labute approximate surface area is 152 Å². The predicted octanol–water partition coefficient (Wildman–Crippen LogP) is 2.87. The Bertz CT molecular complexity index is 904. The van der Waals surface area contributed by atoms with E-state index < -0.39 is 0 Å². The molecule has 3 rings (SSSR count). The smallest absolute Gasteiger partial charge is 0.193 e. The Kier molecular flexibility index (Phi) is 5.58. The summed E-state index contributed by atoms with van der Waals surface area (Å²) < 4.78 is 12.6. The van der Waals surface area contributed by atoms with Gasteiger partial charge in [-0.2, -0.15) is 0 Å². The van der Waals surface area contributed by atoms with E-state index in [-0.39, 0.29) is 0 Å². The van der Waals surface area contributed by atoms with E-state index in [4.69, 9.17) is 15.2 Å². The molecule has 1 aromatic heterocycles. The zero-order chi connectivity index (χ0) is 18.4. The SMILES string of the molecule is COc1ccc(NC(N)=NCCCn2cnc3ccccc32)cc1OC. The van der Waals surface area contributed by atoms with Crippen molar-refractivity contribution in [2.45, 2.75) is 13.0 Å². The third-order valence-electron chi connectivity index (χ3n) is 4.02. The molecule has 0 bridgehead atoms. The highest BCUT2D eigenvalue weighted by Crippen LogP contribution is 2.29. The molecule has 0 aliphatic carbocycles. The second kappa shape index (κ2) is 8.24. The van der Waals surface area contributed by atoms with Gasteiger partial charge in [0.25, 0.3) is 0 Å². The molecule has 0 saturated heterocycles. The van der Waals surface area contributed by atoms with E-state index in [1.54, 1.807) is 14.2 Å². The maximum Gasteiger partial charge on any atom is 0.193 e. The van der Waals surface area contributed by atoms with Gasteiger partial charge in [-0.05, 0) is 30.7 Å². The number of benzene rings is 2. The molecule has 3 N–H and O–H groups in total. The molecular formula is C19H23N5O2.